The average Bonchev–Trinajstić information content (AvgIpc) is 3.01. The van der Waals surface area contributed by atoms with Crippen LogP contribution in [0.1, 0.15) is 11.1 Å². The van der Waals surface area contributed by atoms with Crippen molar-refractivity contribution in [1.82, 2.24) is 5.32 Å². The van der Waals surface area contributed by atoms with E-state index >= 15 is 0 Å². The van der Waals surface area contributed by atoms with Gasteiger partial charge in [0, 0.05) is 12.1 Å². The fraction of sp³-hybridized carbons (Fsp3) is 0.0500. The molecular formula is C20H14N3O3. The summed E-state index contributed by atoms with van der Waals surface area (Å²) in [6, 6.07) is 19.7. The Bertz CT molecular complexity index is 1020. The van der Waals surface area contributed by atoms with Crippen LogP contribution in [0, 0.1) is 10.1 Å². The highest BCUT2D eigenvalue weighted by Gasteiger charge is 2.22. The standard InChI is InChI=1S/C20H14N3O3/c24-20-21-18-11-15(9-13-5-2-1-3-6-13)17(12-19(18)22-20)14-7-4-8-16(10-14)23(25)26/h1-8,10-12H,9H2,(H,22,24). The third-order valence-corrected chi connectivity index (χ3v) is 4.29. The lowest BCUT2D eigenvalue weighted by Crippen LogP contribution is -2.08. The van der Waals surface area contributed by atoms with Crippen LogP contribution in [0.15, 0.2) is 66.7 Å². The van der Waals surface area contributed by atoms with Crippen LogP contribution in [0.4, 0.5) is 21.9 Å². The van der Waals surface area contributed by atoms with Crippen LogP contribution in [0.3, 0.4) is 0 Å². The van der Waals surface area contributed by atoms with E-state index in [2.05, 4.69) is 10.6 Å². The number of nitro groups is 1. The monoisotopic (exact) mass is 344 g/mol. The van der Waals surface area contributed by atoms with E-state index in [0.29, 0.717) is 17.8 Å². The summed E-state index contributed by atoms with van der Waals surface area (Å²) < 4.78 is 0. The van der Waals surface area contributed by atoms with Crippen LogP contribution >= 0.6 is 0 Å². The second-order valence-corrected chi connectivity index (χ2v) is 6.04. The molecule has 1 heterocycles. The van der Waals surface area contributed by atoms with Crippen molar-refractivity contribution in [3.05, 3.63) is 88.0 Å². The number of amides is 2. The molecule has 0 bridgehead atoms. The van der Waals surface area contributed by atoms with Gasteiger partial charge in [-0.3, -0.25) is 10.1 Å². The molecule has 0 aliphatic carbocycles. The number of hydrogen-bond acceptors (Lipinski definition) is 3. The number of nitro benzene ring substituents is 1. The van der Waals surface area contributed by atoms with E-state index in [9.17, 15) is 14.9 Å². The van der Waals surface area contributed by atoms with Gasteiger partial charge in [-0.25, -0.2) is 4.79 Å². The lowest BCUT2D eigenvalue weighted by molar-refractivity contribution is -0.384. The number of non-ortho nitro benzene ring substituents is 1. The summed E-state index contributed by atoms with van der Waals surface area (Å²) in [4.78, 5) is 22.3. The van der Waals surface area contributed by atoms with Gasteiger partial charge in [0.2, 0.25) is 0 Å². The molecule has 1 aliphatic rings. The summed E-state index contributed by atoms with van der Waals surface area (Å²) in [5, 5.41) is 17.8. The van der Waals surface area contributed by atoms with Gasteiger partial charge in [-0.05, 0) is 40.8 Å². The lowest BCUT2D eigenvalue weighted by Gasteiger charge is -2.12. The van der Waals surface area contributed by atoms with Crippen molar-refractivity contribution in [3.63, 3.8) is 0 Å². The molecule has 6 nitrogen and oxygen atoms in total. The third-order valence-electron chi connectivity index (χ3n) is 4.29. The number of carbonyl (C=O) groups excluding carboxylic acids is 1. The molecule has 26 heavy (non-hydrogen) atoms. The van der Waals surface area contributed by atoms with Crippen LogP contribution in [0.25, 0.3) is 11.1 Å². The van der Waals surface area contributed by atoms with E-state index < -0.39 is 11.0 Å². The van der Waals surface area contributed by atoms with Gasteiger partial charge in [0.1, 0.15) is 0 Å². The molecule has 0 fully saturated rings. The molecule has 127 valence electrons. The van der Waals surface area contributed by atoms with Crippen LogP contribution in [-0.4, -0.2) is 11.0 Å². The van der Waals surface area contributed by atoms with E-state index in [1.54, 1.807) is 12.1 Å². The summed E-state index contributed by atoms with van der Waals surface area (Å²) in [5.41, 5.74) is 4.88. The Kier molecular flexibility index (Phi) is 3.85. The molecule has 0 atom stereocenters. The van der Waals surface area contributed by atoms with Crippen molar-refractivity contribution in [1.29, 1.82) is 0 Å². The highest BCUT2D eigenvalue weighted by Crippen LogP contribution is 2.37. The number of urea groups is 1. The van der Waals surface area contributed by atoms with Crippen molar-refractivity contribution in [3.8, 4) is 11.1 Å². The number of carbonyl (C=O) groups is 1. The van der Waals surface area contributed by atoms with Gasteiger partial charge in [0.15, 0.2) is 0 Å². The number of rotatable bonds is 4. The maximum Gasteiger partial charge on any atom is 0.346 e. The number of hydrogen-bond donors (Lipinski definition) is 1. The van der Waals surface area contributed by atoms with Gasteiger partial charge in [-0.2, -0.15) is 5.32 Å². The van der Waals surface area contributed by atoms with Crippen LogP contribution in [0.5, 0.6) is 0 Å². The Balaban J connectivity index is 1.84. The number of nitrogens with one attached hydrogen (secondary N) is 1. The zero-order valence-corrected chi connectivity index (χ0v) is 13.7. The Labute approximate surface area is 149 Å². The van der Waals surface area contributed by atoms with Crippen LogP contribution < -0.4 is 10.6 Å². The Hall–Kier alpha value is -3.67. The second kappa shape index (κ2) is 6.33. The third kappa shape index (κ3) is 3.00. The maximum atomic E-state index is 11.6. The van der Waals surface area contributed by atoms with Crippen LogP contribution in [0.2, 0.25) is 0 Å². The minimum atomic E-state index is -0.412. The first-order valence-corrected chi connectivity index (χ1v) is 8.08. The SMILES string of the molecule is O=C1[N]c2cc(Cc3ccccc3)c(-c3cccc([N+](=O)[O-])c3)cc2N1. The van der Waals surface area contributed by atoms with E-state index in [1.807, 2.05) is 48.5 Å². The molecule has 0 saturated carbocycles. The topological polar surface area (TPSA) is 86.3 Å². The molecule has 0 aromatic heterocycles. The summed E-state index contributed by atoms with van der Waals surface area (Å²) in [7, 11) is 0. The first-order chi connectivity index (χ1) is 12.6. The second-order valence-electron chi connectivity index (χ2n) is 6.04. The van der Waals surface area contributed by atoms with Crippen molar-refractivity contribution >= 4 is 23.1 Å². The fourth-order valence-electron chi connectivity index (χ4n) is 3.09. The molecule has 0 spiro atoms. The maximum absolute atomic E-state index is 11.6. The van der Waals surface area contributed by atoms with Crippen molar-refractivity contribution < 1.29 is 9.72 Å². The Morgan fingerprint density at radius 1 is 1.00 bits per heavy atom. The molecule has 1 radical (unpaired) electrons. The molecule has 3 aromatic carbocycles. The summed E-state index contributed by atoms with van der Waals surface area (Å²) >= 11 is 0. The molecule has 0 saturated heterocycles. The first-order valence-electron chi connectivity index (χ1n) is 8.08. The van der Waals surface area contributed by atoms with E-state index in [-0.39, 0.29) is 5.69 Å². The van der Waals surface area contributed by atoms with Crippen molar-refractivity contribution in [2.75, 3.05) is 5.32 Å². The van der Waals surface area contributed by atoms with Gasteiger partial charge in [-0.15, -0.1) is 0 Å². The van der Waals surface area contributed by atoms with E-state index in [0.717, 1.165) is 22.3 Å². The zero-order valence-electron chi connectivity index (χ0n) is 13.7. The summed E-state index contributed by atoms with van der Waals surface area (Å²) in [6.45, 7) is 0. The minimum Gasteiger partial charge on any atom is -0.304 e. The fourth-order valence-corrected chi connectivity index (χ4v) is 3.09. The largest absolute Gasteiger partial charge is 0.346 e. The normalized spacial score (nSPS) is 12.2. The van der Waals surface area contributed by atoms with Gasteiger partial charge in [0.25, 0.3) is 5.69 Å². The molecule has 1 N–H and O–H groups in total. The molecule has 1 aliphatic heterocycles. The van der Waals surface area contributed by atoms with Crippen molar-refractivity contribution in [2.45, 2.75) is 6.42 Å². The summed E-state index contributed by atoms with van der Waals surface area (Å²) in [5.74, 6) is 0. The summed E-state index contributed by atoms with van der Waals surface area (Å²) in [6.07, 6.45) is 0.635. The molecular weight excluding hydrogens is 330 g/mol. The molecule has 3 aromatic rings. The first kappa shape index (κ1) is 15.8. The van der Waals surface area contributed by atoms with Crippen LogP contribution in [-0.2, 0) is 6.42 Å². The predicted octanol–water partition coefficient (Wildman–Crippen LogP) is 4.63. The number of benzene rings is 3. The zero-order chi connectivity index (χ0) is 18.1. The minimum absolute atomic E-state index is 0.0300. The molecule has 4 rings (SSSR count). The highest BCUT2D eigenvalue weighted by molar-refractivity contribution is 6.03. The lowest BCUT2D eigenvalue weighted by atomic mass is 9.93. The number of nitrogens with zero attached hydrogens (tertiary/aromatic N) is 2. The molecule has 2 amide bonds. The Morgan fingerprint density at radius 3 is 2.58 bits per heavy atom. The van der Waals surface area contributed by atoms with Gasteiger partial charge >= 0.3 is 6.03 Å². The quantitative estimate of drug-likeness (QED) is 0.553. The van der Waals surface area contributed by atoms with Gasteiger partial charge in [-0.1, -0.05) is 42.5 Å². The average molecular weight is 344 g/mol. The molecule has 6 heteroatoms. The predicted molar refractivity (Wildman–Crippen MR) is 98.6 cm³/mol. The number of fused-ring (bicyclic) bond motifs is 1. The smallest absolute Gasteiger partial charge is 0.304 e. The number of anilines is 1. The van der Waals surface area contributed by atoms with E-state index in [4.69, 9.17) is 0 Å². The van der Waals surface area contributed by atoms with Gasteiger partial charge < -0.3 is 5.32 Å². The Morgan fingerprint density at radius 2 is 1.81 bits per heavy atom. The van der Waals surface area contributed by atoms with E-state index in [1.165, 1.54) is 6.07 Å². The van der Waals surface area contributed by atoms with Gasteiger partial charge in [0.05, 0.1) is 16.3 Å². The highest BCUT2D eigenvalue weighted by atomic mass is 16.6. The molecule has 0 unspecified atom stereocenters. The van der Waals surface area contributed by atoms with Crippen molar-refractivity contribution in [2.24, 2.45) is 0 Å².